The maximum Gasteiger partial charge on any atom is 0.220 e. The van der Waals surface area contributed by atoms with Crippen LogP contribution >= 0.6 is 0 Å². The molecule has 25 heavy (non-hydrogen) atoms. The lowest BCUT2D eigenvalue weighted by molar-refractivity contribution is -0.122. The first kappa shape index (κ1) is 17.2. The van der Waals surface area contributed by atoms with Gasteiger partial charge >= 0.3 is 0 Å². The Balaban J connectivity index is 1.58. The lowest BCUT2D eigenvalue weighted by atomic mass is 10.0. The molecule has 3 rings (SSSR count). The molecule has 1 heterocycles. The molecule has 0 aliphatic carbocycles. The van der Waals surface area contributed by atoms with E-state index >= 15 is 0 Å². The number of rotatable bonds is 6. The molecule has 130 valence electrons. The van der Waals surface area contributed by atoms with Gasteiger partial charge in [-0.1, -0.05) is 36.4 Å². The van der Waals surface area contributed by atoms with Gasteiger partial charge in [-0.3, -0.25) is 4.79 Å². The summed E-state index contributed by atoms with van der Waals surface area (Å²) in [7, 11) is 0. The monoisotopic (exact) mass is 341 g/mol. The van der Waals surface area contributed by atoms with E-state index in [9.17, 15) is 14.3 Å². The topological polar surface area (TPSA) is 62.5 Å². The number of aryl methyl sites for hydroxylation is 1. The molecular weight excluding hydrogens is 321 g/mol. The molecule has 0 bridgehead atoms. The predicted molar refractivity (Wildman–Crippen MR) is 93.5 cm³/mol. The Morgan fingerprint density at radius 3 is 2.68 bits per heavy atom. The molecule has 2 aromatic carbocycles. The smallest absolute Gasteiger partial charge is 0.220 e. The van der Waals surface area contributed by atoms with Crippen LogP contribution in [-0.2, 0) is 16.8 Å². The van der Waals surface area contributed by atoms with Gasteiger partial charge in [0.15, 0.2) is 0 Å². The summed E-state index contributed by atoms with van der Waals surface area (Å²) in [5, 5.41) is 14.2. The van der Waals surface area contributed by atoms with Gasteiger partial charge in [0.1, 0.15) is 22.8 Å². The van der Waals surface area contributed by atoms with Crippen molar-refractivity contribution in [2.45, 2.75) is 25.4 Å². The normalized spacial score (nSPS) is 13.6. The highest BCUT2D eigenvalue weighted by molar-refractivity contribution is 5.78. The van der Waals surface area contributed by atoms with Gasteiger partial charge in [-0.15, -0.1) is 0 Å². The number of carbonyl (C=O) groups is 1. The van der Waals surface area contributed by atoms with Crippen molar-refractivity contribution in [3.05, 3.63) is 71.7 Å². The van der Waals surface area contributed by atoms with Crippen molar-refractivity contribution in [3.8, 4) is 0 Å². The molecule has 0 saturated carbocycles. The highest BCUT2D eigenvalue weighted by Gasteiger charge is 2.28. The van der Waals surface area contributed by atoms with E-state index in [1.807, 2.05) is 24.3 Å². The number of carbonyl (C=O) groups excluding carboxylic acids is 1. The van der Waals surface area contributed by atoms with E-state index in [-0.39, 0.29) is 24.7 Å². The molecule has 0 unspecified atom stereocenters. The SMILES string of the molecule is C[C@@](O)(CNC(=O)CCc1ccccc1F)c1cc2ccccc2o1. The maximum atomic E-state index is 13.6. The summed E-state index contributed by atoms with van der Waals surface area (Å²) < 4.78 is 19.2. The molecule has 4 nitrogen and oxygen atoms in total. The Bertz CT molecular complexity index is 852. The first-order valence-corrected chi connectivity index (χ1v) is 8.17. The Morgan fingerprint density at radius 1 is 1.20 bits per heavy atom. The number of hydrogen-bond donors (Lipinski definition) is 2. The van der Waals surface area contributed by atoms with Crippen LogP contribution in [0.15, 0.2) is 59.0 Å². The Morgan fingerprint density at radius 2 is 1.92 bits per heavy atom. The van der Waals surface area contributed by atoms with Crippen molar-refractivity contribution in [1.29, 1.82) is 0 Å². The summed E-state index contributed by atoms with van der Waals surface area (Å²) in [5.41, 5.74) is -0.141. The Hall–Kier alpha value is -2.66. The van der Waals surface area contributed by atoms with E-state index in [0.29, 0.717) is 23.3 Å². The first-order chi connectivity index (χ1) is 12.0. The van der Waals surface area contributed by atoms with E-state index in [4.69, 9.17) is 4.42 Å². The van der Waals surface area contributed by atoms with E-state index in [2.05, 4.69) is 5.32 Å². The van der Waals surface area contributed by atoms with E-state index in [1.165, 1.54) is 6.07 Å². The summed E-state index contributed by atoms with van der Waals surface area (Å²) in [6.07, 6.45) is 0.461. The minimum atomic E-state index is -1.33. The van der Waals surface area contributed by atoms with Crippen LogP contribution in [0.5, 0.6) is 0 Å². The third-order valence-corrected chi connectivity index (χ3v) is 4.17. The number of fused-ring (bicyclic) bond motifs is 1. The van der Waals surface area contributed by atoms with Crippen molar-refractivity contribution >= 4 is 16.9 Å². The summed E-state index contributed by atoms with van der Waals surface area (Å²) in [4.78, 5) is 12.0. The van der Waals surface area contributed by atoms with Crippen LogP contribution in [0.2, 0.25) is 0 Å². The zero-order valence-electron chi connectivity index (χ0n) is 14.0. The van der Waals surface area contributed by atoms with Crippen LogP contribution in [0.1, 0.15) is 24.7 Å². The van der Waals surface area contributed by atoms with E-state index in [0.717, 1.165) is 5.39 Å². The number of hydrogen-bond acceptors (Lipinski definition) is 3. The summed E-state index contributed by atoms with van der Waals surface area (Å²) in [6, 6.07) is 15.6. The third kappa shape index (κ3) is 4.06. The lowest BCUT2D eigenvalue weighted by Crippen LogP contribution is -2.38. The summed E-state index contributed by atoms with van der Waals surface area (Å²) in [5.74, 6) is -0.174. The molecule has 1 atom stereocenters. The number of nitrogens with one attached hydrogen (secondary N) is 1. The van der Waals surface area contributed by atoms with Gasteiger partial charge in [0.05, 0.1) is 6.54 Å². The van der Waals surface area contributed by atoms with Crippen molar-refractivity contribution in [3.63, 3.8) is 0 Å². The molecule has 0 aliphatic rings. The molecular formula is C20H20FNO3. The molecule has 0 spiro atoms. The van der Waals surface area contributed by atoms with Crippen LogP contribution in [-0.4, -0.2) is 17.6 Å². The van der Waals surface area contributed by atoms with E-state index < -0.39 is 5.60 Å². The van der Waals surface area contributed by atoms with Gasteiger partial charge in [0, 0.05) is 11.8 Å². The van der Waals surface area contributed by atoms with Crippen LogP contribution in [0.4, 0.5) is 4.39 Å². The fourth-order valence-corrected chi connectivity index (χ4v) is 2.64. The predicted octanol–water partition coefficient (Wildman–Crippen LogP) is 3.53. The highest BCUT2D eigenvalue weighted by atomic mass is 19.1. The number of furan rings is 1. The highest BCUT2D eigenvalue weighted by Crippen LogP contribution is 2.27. The maximum absolute atomic E-state index is 13.6. The van der Waals surface area contributed by atoms with Gasteiger partial charge in [-0.25, -0.2) is 4.39 Å². The Kier molecular flexibility index (Phi) is 4.86. The van der Waals surface area contributed by atoms with Crippen LogP contribution in [0, 0.1) is 5.82 Å². The quantitative estimate of drug-likeness (QED) is 0.721. The standard InChI is InChI=1S/C20H20FNO3/c1-20(24,18-12-15-7-3-5-9-17(15)25-18)13-22-19(23)11-10-14-6-2-4-8-16(14)21/h2-9,12,24H,10-11,13H2,1H3,(H,22,23)/t20-/m1/s1. The molecule has 1 aromatic heterocycles. The molecule has 0 aliphatic heterocycles. The minimum Gasteiger partial charge on any atom is -0.458 e. The number of para-hydroxylation sites is 1. The number of amides is 1. The summed E-state index contributed by atoms with van der Waals surface area (Å²) >= 11 is 0. The second-order valence-corrected chi connectivity index (χ2v) is 6.29. The van der Waals surface area contributed by atoms with Gasteiger partial charge in [0.2, 0.25) is 5.91 Å². The van der Waals surface area contributed by atoms with E-state index in [1.54, 1.807) is 31.2 Å². The second kappa shape index (κ2) is 7.07. The van der Waals surface area contributed by atoms with Crippen LogP contribution in [0.25, 0.3) is 11.0 Å². The molecule has 5 heteroatoms. The fourth-order valence-electron chi connectivity index (χ4n) is 2.64. The van der Waals surface area contributed by atoms with Crippen molar-refractivity contribution in [2.75, 3.05) is 6.54 Å². The largest absolute Gasteiger partial charge is 0.458 e. The fraction of sp³-hybridized carbons (Fsp3) is 0.250. The summed E-state index contributed by atoms with van der Waals surface area (Å²) in [6.45, 7) is 1.60. The zero-order chi connectivity index (χ0) is 17.9. The molecule has 3 aromatic rings. The van der Waals surface area contributed by atoms with Crippen molar-refractivity contribution in [1.82, 2.24) is 5.32 Å². The zero-order valence-corrected chi connectivity index (χ0v) is 14.0. The van der Waals surface area contributed by atoms with Crippen LogP contribution in [0.3, 0.4) is 0 Å². The molecule has 0 radical (unpaired) electrons. The lowest BCUT2D eigenvalue weighted by Gasteiger charge is -2.21. The van der Waals surface area contributed by atoms with Gasteiger partial charge in [-0.05, 0) is 37.1 Å². The van der Waals surface area contributed by atoms with Gasteiger partial charge in [-0.2, -0.15) is 0 Å². The number of halogens is 1. The molecule has 2 N–H and O–H groups in total. The second-order valence-electron chi connectivity index (χ2n) is 6.29. The van der Waals surface area contributed by atoms with Crippen LogP contribution < -0.4 is 5.32 Å². The third-order valence-electron chi connectivity index (χ3n) is 4.17. The van der Waals surface area contributed by atoms with Crippen molar-refractivity contribution in [2.24, 2.45) is 0 Å². The number of benzene rings is 2. The Labute approximate surface area is 145 Å². The molecule has 0 saturated heterocycles. The average molecular weight is 341 g/mol. The first-order valence-electron chi connectivity index (χ1n) is 8.17. The van der Waals surface area contributed by atoms with Crippen molar-refractivity contribution < 1.29 is 18.7 Å². The molecule has 1 amide bonds. The number of aliphatic hydroxyl groups is 1. The average Bonchev–Trinajstić information content (AvgIpc) is 3.04. The molecule has 0 fully saturated rings. The van der Waals surface area contributed by atoms with Gasteiger partial charge in [0.25, 0.3) is 0 Å². The minimum absolute atomic E-state index is 0.0168. The van der Waals surface area contributed by atoms with Gasteiger partial charge < -0.3 is 14.8 Å².